The molecule has 0 saturated carbocycles. The van der Waals surface area contributed by atoms with Crippen molar-refractivity contribution in [2.45, 2.75) is 32.7 Å². The molecule has 0 N–H and O–H groups in total. The minimum atomic E-state index is -0.433. The van der Waals surface area contributed by atoms with Crippen LogP contribution in [-0.2, 0) is 11.2 Å². The van der Waals surface area contributed by atoms with Gasteiger partial charge < -0.3 is 18.9 Å². The van der Waals surface area contributed by atoms with E-state index in [0.717, 1.165) is 40.8 Å². The third-order valence-corrected chi connectivity index (χ3v) is 8.40. The fourth-order valence-corrected chi connectivity index (χ4v) is 6.62. The van der Waals surface area contributed by atoms with Crippen molar-refractivity contribution in [1.29, 1.82) is 0 Å². The Morgan fingerprint density at radius 1 is 1.00 bits per heavy atom. The normalized spacial score (nSPS) is 15.7. The molecule has 42 heavy (non-hydrogen) atoms. The van der Waals surface area contributed by atoms with E-state index in [-0.39, 0.29) is 11.6 Å². The van der Waals surface area contributed by atoms with E-state index < -0.39 is 5.97 Å². The third-order valence-electron chi connectivity index (χ3n) is 7.42. The zero-order chi connectivity index (χ0) is 29.4. The summed E-state index contributed by atoms with van der Waals surface area (Å²) in [6, 6.07) is 19.0. The lowest BCUT2D eigenvalue weighted by Gasteiger charge is -2.31. The predicted molar refractivity (Wildman–Crippen MR) is 161 cm³/mol. The van der Waals surface area contributed by atoms with Crippen molar-refractivity contribution in [3.05, 3.63) is 108 Å². The molecule has 1 aliphatic carbocycles. The SMILES string of the molecule is CCOc1cc(/C=c2\sc3n(c2=O)[C@@H](c2ccc(OC)c(OC)c2)C2=C(N=3)c3ccccc3CC2)ccc1OC(C)=O. The zero-order valence-electron chi connectivity index (χ0n) is 23.8. The summed E-state index contributed by atoms with van der Waals surface area (Å²) in [7, 11) is 3.22. The zero-order valence-corrected chi connectivity index (χ0v) is 24.6. The van der Waals surface area contributed by atoms with E-state index in [2.05, 4.69) is 18.2 Å². The van der Waals surface area contributed by atoms with E-state index in [1.54, 1.807) is 37.0 Å². The van der Waals surface area contributed by atoms with E-state index in [1.165, 1.54) is 23.8 Å². The monoisotopic (exact) mass is 582 g/mol. The molecular weight excluding hydrogens is 552 g/mol. The summed E-state index contributed by atoms with van der Waals surface area (Å²) < 4.78 is 24.5. The first-order valence-corrected chi connectivity index (χ1v) is 14.5. The predicted octanol–water partition coefficient (Wildman–Crippen LogP) is 4.66. The molecule has 8 nitrogen and oxygen atoms in total. The number of aromatic nitrogens is 1. The number of ether oxygens (including phenoxy) is 4. The molecule has 2 aliphatic rings. The van der Waals surface area contributed by atoms with Crippen LogP contribution in [-0.4, -0.2) is 31.4 Å². The summed E-state index contributed by atoms with van der Waals surface area (Å²) in [5.74, 6) is 1.56. The standard InChI is InChI=1S/C33H30N2O6S/c1-5-40-28-16-20(10-14-26(28)41-19(2)36)17-29-32(37)35-31(22-12-15-25(38-3)27(18-22)39-4)24-13-11-21-8-6-7-9-23(21)30(24)34-33(35)42-29/h6-10,12,14-18,31H,5,11,13H2,1-4H3/b29-17-/t31-/m0/s1. The highest BCUT2D eigenvalue weighted by molar-refractivity contribution is 7.07. The van der Waals surface area contributed by atoms with E-state index >= 15 is 0 Å². The number of carbonyl (C=O) groups is 1. The minimum absolute atomic E-state index is 0.133. The van der Waals surface area contributed by atoms with Crippen LogP contribution in [0.15, 0.2) is 76.0 Å². The molecule has 0 bridgehead atoms. The van der Waals surface area contributed by atoms with Gasteiger partial charge in [0.25, 0.3) is 5.56 Å². The summed E-state index contributed by atoms with van der Waals surface area (Å²) in [4.78, 5) is 31.4. The molecule has 0 saturated heterocycles. The Morgan fingerprint density at radius 2 is 1.79 bits per heavy atom. The molecule has 214 valence electrons. The molecule has 0 amide bonds. The van der Waals surface area contributed by atoms with Crippen molar-refractivity contribution in [3.63, 3.8) is 0 Å². The Labute approximate surface area is 246 Å². The van der Waals surface area contributed by atoms with Gasteiger partial charge in [0.15, 0.2) is 27.8 Å². The quantitative estimate of drug-likeness (QED) is 0.233. The maximum atomic E-state index is 14.1. The number of methoxy groups -OCH3 is 2. The number of hydrogen-bond donors (Lipinski definition) is 0. The van der Waals surface area contributed by atoms with Crippen LogP contribution in [0.3, 0.4) is 0 Å². The van der Waals surface area contributed by atoms with Crippen LogP contribution in [0.2, 0.25) is 0 Å². The van der Waals surface area contributed by atoms with Crippen molar-refractivity contribution in [2.75, 3.05) is 20.8 Å². The number of rotatable bonds is 7. The molecular formula is C33H30N2O6S. The van der Waals surface area contributed by atoms with E-state index in [0.29, 0.717) is 38.9 Å². The van der Waals surface area contributed by atoms with Gasteiger partial charge in [0.05, 0.1) is 37.1 Å². The molecule has 9 heteroatoms. The van der Waals surface area contributed by atoms with Crippen molar-refractivity contribution >= 4 is 29.1 Å². The largest absolute Gasteiger partial charge is 0.493 e. The fourth-order valence-electron chi connectivity index (χ4n) is 5.62. The fraction of sp³-hybridized carbons (Fsp3) is 0.242. The van der Waals surface area contributed by atoms with Crippen LogP contribution in [0.1, 0.15) is 48.6 Å². The van der Waals surface area contributed by atoms with E-state index in [9.17, 15) is 9.59 Å². The molecule has 1 aliphatic heterocycles. The Kier molecular flexibility index (Phi) is 7.43. The Morgan fingerprint density at radius 3 is 2.55 bits per heavy atom. The third kappa shape index (κ3) is 4.90. The highest BCUT2D eigenvalue weighted by atomic mass is 32.1. The average molecular weight is 583 g/mol. The maximum absolute atomic E-state index is 14.1. The molecule has 0 spiro atoms. The van der Waals surface area contributed by atoms with Crippen molar-refractivity contribution < 1.29 is 23.7 Å². The highest BCUT2D eigenvalue weighted by Gasteiger charge is 2.33. The molecule has 0 unspecified atom stereocenters. The van der Waals surface area contributed by atoms with Gasteiger partial charge in [-0.1, -0.05) is 47.7 Å². The van der Waals surface area contributed by atoms with E-state index in [4.69, 9.17) is 23.9 Å². The van der Waals surface area contributed by atoms with Crippen LogP contribution in [0.5, 0.6) is 23.0 Å². The first-order chi connectivity index (χ1) is 20.4. The van der Waals surface area contributed by atoms with Crippen molar-refractivity contribution in [2.24, 2.45) is 4.99 Å². The van der Waals surface area contributed by atoms with Gasteiger partial charge in [-0.2, -0.15) is 0 Å². The van der Waals surface area contributed by atoms with E-state index in [1.807, 2.05) is 37.3 Å². The Balaban J connectivity index is 1.55. The number of aryl methyl sites for hydroxylation is 1. The number of allylic oxidation sites excluding steroid dienone is 1. The second-order valence-electron chi connectivity index (χ2n) is 9.96. The summed E-state index contributed by atoms with van der Waals surface area (Å²) >= 11 is 1.35. The van der Waals surface area contributed by atoms with Gasteiger partial charge in [0, 0.05) is 12.5 Å². The molecule has 4 aromatic rings. The summed E-state index contributed by atoms with van der Waals surface area (Å²) in [5, 5.41) is 0. The lowest BCUT2D eigenvalue weighted by molar-refractivity contribution is -0.132. The highest BCUT2D eigenvalue weighted by Crippen LogP contribution is 2.42. The molecule has 2 heterocycles. The van der Waals surface area contributed by atoms with Crippen LogP contribution >= 0.6 is 11.3 Å². The number of esters is 1. The second kappa shape index (κ2) is 11.3. The van der Waals surface area contributed by atoms with Gasteiger partial charge in [0.2, 0.25) is 0 Å². The topological polar surface area (TPSA) is 88.3 Å². The van der Waals surface area contributed by atoms with Crippen LogP contribution in [0.25, 0.3) is 11.8 Å². The number of hydrogen-bond acceptors (Lipinski definition) is 8. The maximum Gasteiger partial charge on any atom is 0.308 e. The molecule has 3 aromatic carbocycles. The average Bonchev–Trinajstić information content (AvgIpc) is 3.30. The van der Waals surface area contributed by atoms with Gasteiger partial charge in [0.1, 0.15) is 0 Å². The lowest BCUT2D eigenvalue weighted by atomic mass is 9.83. The summed E-state index contributed by atoms with van der Waals surface area (Å²) in [6.07, 6.45) is 3.48. The number of benzene rings is 3. The van der Waals surface area contributed by atoms with Gasteiger partial charge in [-0.25, -0.2) is 4.99 Å². The van der Waals surface area contributed by atoms with Gasteiger partial charge >= 0.3 is 5.97 Å². The molecule has 6 rings (SSSR count). The molecule has 0 radical (unpaired) electrons. The molecule has 1 aromatic heterocycles. The number of thiazole rings is 1. The first-order valence-electron chi connectivity index (χ1n) is 13.7. The first kappa shape index (κ1) is 27.5. The molecule has 0 fully saturated rings. The summed E-state index contributed by atoms with van der Waals surface area (Å²) in [6.45, 7) is 3.60. The van der Waals surface area contributed by atoms with Crippen LogP contribution < -0.4 is 33.8 Å². The van der Waals surface area contributed by atoms with Gasteiger partial charge in [-0.3, -0.25) is 14.2 Å². The Bertz CT molecular complexity index is 1920. The number of nitrogens with zero attached hydrogens (tertiary/aromatic N) is 2. The number of fused-ring (bicyclic) bond motifs is 3. The van der Waals surface area contributed by atoms with Gasteiger partial charge in [-0.05, 0) is 72.4 Å². The molecule has 1 atom stereocenters. The van der Waals surface area contributed by atoms with Crippen LogP contribution in [0.4, 0.5) is 0 Å². The Hall–Kier alpha value is -4.63. The number of carbonyl (C=O) groups excluding carboxylic acids is 1. The summed E-state index contributed by atoms with van der Waals surface area (Å²) in [5.41, 5.74) is 5.91. The second-order valence-corrected chi connectivity index (χ2v) is 11.0. The van der Waals surface area contributed by atoms with Crippen molar-refractivity contribution in [1.82, 2.24) is 4.57 Å². The lowest BCUT2D eigenvalue weighted by Crippen LogP contribution is -2.38. The van der Waals surface area contributed by atoms with Gasteiger partial charge in [-0.15, -0.1) is 0 Å². The smallest absolute Gasteiger partial charge is 0.308 e. The van der Waals surface area contributed by atoms with Crippen LogP contribution in [0, 0.1) is 0 Å². The van der Waals surface area contributed by atoms with Crippen molar-refractivity contribution in [3.8, 4) is 23.0 Å². The minimum Gasteiger partial charge on any atom is -0.493 e.